The van der Waals surface area contributed by atoms with E-state index in [1.54, 1.807) is 0 Å². The van der Waals surface area contributed by atoms with Crippen molar-refractivity contribution in [3.05, 3.63) is 23.4 Å². The van der Waals surface area contributed by atoms with Crippen LogP contribution >= 0.6 is 0 Å². The summed E-state index contributed by atoms with van der Waals surface area (Å²) in [5.74, 6) is 0. The Hall–Kier alpha value is -0.800. The second-order valence-electron chi connectivity index (χ2n) is 5.08. The van der Waals surface area contributed by atoms with E-state index in [2.05, 4.69) is 43.1 Å². The highest BCUT2D eigenvalue weighted by molar-refractivity contribution is 5.14. The molecule has 0 radical (unpaired) electrons. The van der Waals surface area contributed by atoms with Crippen molar-refractivity contribution in [3.8, 4) is 0 Å². The first-order valence-corrected chi connectivity index (χ1v) is 6.46. The third-order valence-electron chi connectivity index (χ3n) is 3.40. The molecule has 0 bridgehead atoms. The summed E-state index contributed by atoms with van der Waals surface area (Å²) in [6.45, 7) is 8.31. The van der Waals surface area contributed by atoms with Crippen LogP contribution in [0.15, 0.2) is 23.4 Å². The van der Waals surface area contributed by atoms with E-state index in [1.165, 1.54) is 11.3 Å². The molecule has 0 aromatic heterocycles. The monoisotopic (exact) mass is 238 g/mol. The number of rotatable bonds is 3. The Bertz CT molecular complexity index is 293. The van der Waals surface area contributed by atoms with E-state index in [4.69, 9.17) is 0 Å². The minimum absolute atomic E-state index is 0.221. The van der Waals surface area contributed by atoms with Crippen molar-refractivity contribution in [1.82, 2.24) is 10.2 Å². The van der Waals surface area contributed by atoms with E-state index in [1.807, 2.05) is 7.05 Å². The normalized spacial score (nSPS) is 26.6. The first kappa shape index (κ1) is 14.3. The van der Waals surface area contributed by atoms with Gasteiger partial charge in [0.2, 0.25) is 0 Å². The van der Waals surface area contributed by atoms with Crippen molar-refractivity contribution < 1.29 is 5.11 Å². The van der Waals surface area contributed by atoms with Gasteiger partial charge in [-0.2, -0.15) is 0 Å². The highest BCUT2D eigenvalue weighted by atomic mass is 16.3. The fraction of sp³-hybridized carbons (Fsp3) is 0.714. The van der Waals surface area contributed by atoms with Crippen LogP contribution < -0.4 is 5.32 Å². The predicted octanol–water partition coefficient (Wildman–Crippen LogP) is 1.90. The standard InChI is InChI=1S/C14H26N2O/c1-11(2)5-6-12(3)16-9-7-13(15-4)14(17)8-10-16/h5-6,13-15,17H,7-10H2,1-4H3/b12-6+. The maximum Gasteiger partial charge on any atom is 0.0710 e. The zero-order valence-corrected chi connectivity index (χ0v) is 11.5. The van der Waals surface area contributed by atoms with Gasteiger partial charge in [-0.1, -0.05) is 11.6 Å². The maximum absolute atomic E-state index is 9.95. The Balaban J connectivity index is 2.62. The zero-order chi connectivity index (χ0) is 12.8. The minimum Gasteiger partial charge on any atom is -0.391 e. The average molecular weight is 238 g/mol. The van der Waals surface area contributed by atoms with Gasteiger partial charge in [0.05, 0.1) is 6.10 Å². The molecule has 0 aliphatic carbocycles. The number of allylic oxidation sites excluding steroid dienone is 4. The van der Waals surface area contributed by atoms with Crippen LogP contribution in [-0.4, -0.2) is 42.3 Å². The molecule has 1 saturated heterocycles. The zero-order valence-electron chi connectivity index (χ0n) is 11.5. The molecule has 3 nitrogen and oxygen atoms in total. The second kappa shape index (κ2) is 6.82. The molecule has 0 saturated carbocycles. The quantitative estimate of drug-likeness (QED) is 0.737. The fourth-order valence-corrected chi connectivity index (χ4v) is 2.17. The lowest BCUT2D eigenvalue weighted by Crippen LogP contribution is -2.37. The number of nitrogens with one attached hydrogen (secondary N) is 1. The second-order valence-corrected chi connectivity index (χ2v) is 5.08. The van der Waals surface area contributed by atoms with E-state index < -0.39 is 0 Å². The van der Waals surface area contributed by atoms with E-state index in [-0.39, 0.29) is 12.1 Å². The minimum atomic E-state index is -0.221. The number of aliphatic hydroxyl groups excluding tert-OH is 1. The summed E-state index contributed by atoms with van der Waals surface area (Å²) in [5, 5.41) is 13.1. The summed E-state index contributed by atoms with van der Waals surface area (Å²) in [5.41, 5.74) is 2.60. The van der Waals surface area contributed by atoms with Gasteiger partial charge in [-0.3, -0.25) is 0 Å². The van der Waals surface area contributed by atoms with Crippen LogP contribution in [0.25, 0.3) is 0 Å². The van der Waals surface area contributed by atoms with E-state index in [0.29, 0.717) is 0 Å². The van der Waals surface area contributed by atoms with Gasteiger partial charge in [-0.25, -0.2) is 0 Å². The van der Waals surface area contributed by atoms with Crippen LogP contribution in [0.3, 0.4) is 0 Å². The van der Waals surface area contributed by atoms with Crippen LogP contribution in [-0.2, 0) is 0 Å². The molecule has 2 unspecified atom stereocenters. The van der Waals surface area contributed by atoms with Crippen LogP contribution in [0.4, 0.5) is 0 Å². The van der Waals surface area contributed by atoms with Crippen LogP contribution in [0.1, 0.15) is 33.6 Å². The molecule has 1 rings (SSSR count). The molecule has 98 valence electrons. The maximum atomic E-state index is 9.95. The van der Waals surface area contributed by atoms with Gasteiger partial charge in [0, 0.05) is 24.8 Å². The molecule has 1 aliphatic heterocycles. The van der Waals surface area contributed by atoms with Crippen LogP contribution in [0.2, 0.25) is 0 Å². The number of aliphatic hydroxyl groups is 1. The molecule has 1 heterocycles. The van der Waals surface area contributed by atoms with Gasteiger partial charge >= 0.3 is 0 Å². The number of likely N-dealkylation sites (tertiary alicyclic amines) is 1. The lowest BCUT2D eigenvalue weighted by Gasteiger charge is -2.23. The largest absolute Gasteiger partial charge is 0.391 e. The van der Waals surface area contributed by atoms with Crippen LogP contribution in [0.5, 0.6) is 0 Å². The molecular formula is C14H26N2O. The Morgan fingerprint density at radius 3 is 2.41 bits per heavy atom. The summed E-state index contributed by atoms with van der Waals surface area (Å²) in [7, 11) is 1.93. The summed E-state index contributed by atoms with van der Waals surface area (Å²) >= 11 is 0. The van der Waals surface area contributed by atoms with E-state index >= 15 is 0 Å². The topological polar surface area (TPSA) is 35.5 Å². The van der Waals surface area contributed by atoms with Gasteiger partial charge in [0.25, 0.3) is 0 Å². The van der Waals surface area contributed by atoms with Crippen molar-refractivity contribution in [1.29, 1.82) is 0 Å². The van der Waals surface area contributed by atoms with Crippen molar-refractivity contribution >= 4 is 0 Å². The predicted molar refractivity (Wildman–Crippen MR) is 72.8 cm³/mol. The molecule has 17 heavy (non-hydrogen) atoms. The highest BCUT2D eigenvalue weighted by Gasteiger charge is 2.23. The molecule has 2 atom stereocenters. The molecule has 0 aromatic rings. The molecule has 0 amide bonds. The number of hydrogen-bond acceptors (Lipinski definition) is 3. The molecule has 1 aliphatic rings. The summed E-state index contributed by atoms with van der Waals surface area (Å²) in [4.78, 5) is 2.36. The summed E-state index contributed by atoms with van der Waals surface area (Å²) < 4.78 is 0. The SMILES string of the molecule is CNC1CCN(/C(C)=C/C=C(C)C)CCC1O. The van der Waals surface area contributed by atoms with Crippen molar-refractivity contribution in [2.24, 2.45) is 0 Å². The lowest BCUT2D eigenvalue weighted by atomic mass is 10.1. The van der Waals surface area contributed by atoms with Crippen LogP contribution in [0, 0.1) is 0 Å². The van der Waals surface area contributed by atoms with Crippen molar-refractivity contribution in [2.45, 2.75) is 45.8 Å². The number of likely N-dealkylation sites (N-methyl/N-ethyl adjacent to an activating group) is 1. The van der Waals surface area contributed by atoms with Gasteiger partial charge in [-0.15, -0.1) is 0 Å². The third kappa shape index (κ3) is 4.52. The Morgan fingerprint density at radius 1 is 1.18 bits per heavy atom. The van der Waals surface area contributed by atoms with Gasteiger partial charge < -0.3 is 15.3 Å². The molecular weight excluding hydrogens is 212 g/mol. The number of nitrogens with zero attached hydrogens (tertiary/aromatic N) is 1. The number of hydrogen-bond donors (Lipinski definition) is 2. The Labute approximate surface area is 105 Å². The highest BCUT2D eigenvalue weighted by Crippen LogP contribution is 2.15. The molecule has 2 N–H and O–H groups in total. The van der Waals surface area contributed by atoms with Gasteiger partial charge in [0.15, 0.2) is 0 Å². The molecule has 3 heteroatoms. The smallest absolute Gasteiger partial charge is 0.0710 e. The summed E-state index contributed by atoms with van der Waals surface area (Å²) in [6.07, 6.45) is 5.93. The van der Waals surface area contributed by atoms with E-state index in [0.717, 1.165) is 25.9 Å². The molecule has 1 fully saturated rings. The first-order chi connectivity index (χ1) is 8.04. The fourth-order valence-electron chi connectivity index (χ4n) is 2.17. The average Bonchev–Trinajstić information content (AvgIpc) is 2.48. The van der Waals surface area contributed by atoms with Gasteiger partial charge in [-0.05, 0) is 46.7 Å². The van der Waals surface area contributed by atoms with Crippen molar-refractivity contribution in [3.63, 3.8) is 0 Å². The molecule has 0 aromatic carbocycles. The van der Waals surface area contributed by atoms with E-state index in [9.17, 15) is 5.11 Å². The Morgan fingerprint density at radius 2 is 1.82 bits per heavy atom. The van der Waals surface area contributed by atoms with Crippen molar-refractivity contribution in [2.75, 3.05) is 20.1 Å². The first-order valence-electron chi connectivity index (χ1n) is 6.46. The Kier molecular flexibility index (Phi) is 5.72. The third-order valence-corrected chi connectivity index (χ3v) is 3.40. The molecule has 0 spiro atoms. The summed E-state index contributed by atoms with van der Waals surface area (Å²) in [6, 6.07) is 0.233. The van der Waals surface area contributed by atoms with Gasteiger partial charge in [0.1, 0.15) is 0 Å². The lowest BCUT2D eigenvalue weighted by molar-refractivity contribution is 0.126.